The summed E-state index contributed by atoms with van der Waals surface area (Å²) in [5.41, 5.74) is -1.32. The molecular weight excluding hydrogens is 389 g/mol. The Kier molecular flexibility index (Phi) is 4.54. The lowest BCUT2D eigenvalue weighted by Crippen LogP contribution is -2.73. The molecule has 3 saturated heterocycles. The molecule has 3 aliphatic rings. The summed E-state index contributed by atoms with van der Waals surface area (Å²) in [4.78, 5) is 2.19. The zero-order chi connectivity index (χ0) is 19.4. The topological polar surface area (TPSA) is 76.9 Å². The van der Waals surface area contributed by atoms with Crippen LogP contribution in [-0.4, -0.2) is 86.1 Å². The van der Waals surface area contributed by atoms with Crippen molar-refractivity contribution in [3.8, 4) is 0 Å². The van der Waals surface area contributed by atoms with Gasteiger partial charge in [0.2, 0.25) is 0 Å². The van der Waals surface area contributed by atoms with E-state index in [1.54, 1.807) is 0 Å². The van der Waals surface area contributed by atoms with Crippen LogP contribution >= 0.6 is 0 Å². The Labute approximate surface area is 154 Å². The molecule has 12 heteroatoms. The van der Waals surface area contributed by atoms with Gasteiger partial charge in [-0.1, -0.05) is 0 Å². The third-order valence-electron chi connectivity index (χ3n) is 5.22. The second-order valence-corrected chi connectivity index (χ2v) is 9.38. The first-order valence-corrected chi connectivity index (χ1v) is 10.1. The average Bonchev–Trinajstić information content (AvgIpc) is 2.92. The van der Waals surface area contributed by atoms with Crippen LogP contribution in [0.5, 0.6) is 0 Å². The van der Waals surface area contributed by atoms with Gasteiger partial charge >= 0.3 is 6.18 Å². The van der Waals surface area contributed by atoms with E-state index in [0.717, 1.165) is 24.3 Å². The number of sulfonamides is 1. The van der Waals surface area contributed by atoms with Crippen molar-refractivity contribution in [2.45, 2.75) is 17.3 Å². The fourth-order valence-electron chi connectivity index (χ4n) is 4.00. The molecule has 4 rings (SSSR count). The Morgan fingerprint density at radius 3 is 2.52 bits per heavy atom. The van der Waals surface area contributed by atoms with Gasteiger partial charge in [-0.3, -0.25) is 9.58 Å². The Balaban J connectivity index is 1.35. The molecule has 0 aromatic carbocycles. The molecule has 0 aliphatic carbocycles. The number of likely N-dealkylation sites (tertiary alicyclic amines) is 1. The van der Waals surface area contributed by atoms with Crippen LogP contribution in [0.1, 0.15) is 5.69 Å². The van der Waals surface area contributed by atoms with Crippen molar-refractivity contribution in [3.63, 3.8) is 0 Å². The molecule has 1 aromatic heterocycles. The fourth-order valence-corrected chi connectivity index (χ4v) is 5.78. The number of alkyl halides is 3. The second-order valence-electron chi connectivity index (χ2n) is 7.50. The molecule has 3 aliphatic heterocycles. The number of aromatic nitrogens is 2. The molecule has 27 heavy (non-hydrogen) atoms. The third-order valence-corrected chi connectivity index (χ3v) is 7.07. The maximum atomic E-state index is 12.8. The van der Waals surface area contributed by atoms with Gasteiger partial charge in [0.05, 0.1) is 25.9 Å². The molecule has 0 N–H and O–H groups in total. The van der Waals surface area contributed by atoms with Gasteiger partial charge in [-0.2, -0.15) is 22.6 Å². The maximum Gasteiger partial charge on any atom is 0.435 e. The molecule has 0 amide bonds. The number of aryl methyl sites for hydroxylation is 1. The van der Waals surface area contributed by atoms with Crippen molar-refractivity contribution in [2.75, 3.05) is 52.5 Å². The van der Waals surface area contributed by atoms with Crippen LogP contribution in [-0.2, 0) is 32.7 Å². The first-order chi connectivity index (χ1) is 12.6. The van der Waals surface area contributed by atoms with Crippen molar-refractivity contribution in [3.05, 3.63) is 11.8 Å². The quantitative estimate of drug-likeness (QED) is 0.704. The summed E-state index contributed by atoms with van der Waals surface area (Å²) in [6.45, 7) is 4.60. The molecule has 8 nitrogen and oxygen atoms in total. The highest BCUT2D eigenvalue weighted by atomic mass is 32.2. The molecule has 1 spiro atoms. The highest BCUT2D eigenvalue weighted by Crippen LogP contribution is 2.42. The molecular formula is C15H21F3N4O4S. The number of halogens is 3. The van der Waals surface area contributed by atoms with E-state index in [0.29, 0.717) is 39.0 Å². The Bertz CT molecular complexity index is 806. The van der Waals surface area contributed by atoms with Gasteiger partial charge in [0.1, 0.15) is 0 Å². The van der Waals surface area contributed by atoms with Crippen LogP contribution in [0, 0.1) is 5.41 Å². The van der Waals surface area contributed by atoms with Crippen LogP contribution in [0.2, 0.25) is 0 Å². The number of hydrogen-bond acceptors (Lipinski definition) is 6. The minimum atomic E-state index is -4.68. The van der Waals surface area contributed by atoms with Crippen molar-refractivity contribution >= 4 is 10.0 Å². The van der Waals surface area contributed by atoms with Gasteiger partial charge in [-0.15, -0.1) is 0 Å². The summed E-state index contributed by atoms with van der Waals surface area (Å²) >= 11 is 0. The normalized spacial score (nSPS) is 26.7. The smallest absolute Gasteiger partial charge is 0.376 e. The minimum absolute atomic E-state index is 0.0336. The Hall–Kier alpha value is -1.21. The van der Waals surface area contributed by atoms with Crippen molar-refractivity contribution in [2.24, 2.45) is 12.5 Å². The molecule has 1 aromatic rings. The van der Waals surface area contributed by atoms with E-state index in [2.05, 4.69) is 10.00 Å². The van der Waals surface area contributed by atoms with Crippen LogP contribution in [0.25, 0.3) is 0 Å². The van der Waals surface area contributed by atoms with Gasteiger partial charge in [0, 0.05) is 51.3 Å². The Morgan fingerprint density at radius 2 is 1.96 bits per heavy atom. The summed E-state index contributed by atoms with van der Waals surface area (Å²) in [7, 11) is -2.79. The van der Waals surface area contributed by atoms with Crippen molar-refractivity contribution in [1.29, 1.82) is 0 Å². The summed E-state index contributed by atoms with van der Waals surface area (Å²) in [6, 6.07) is 0.591. The summed E-state index contributed by atoms with van der Waals surface area (Å²) in [6.07, 6.45) is -4.65. The molecule has 1 unspecified atom stereocenters. The van der Waals surface area contributed by atoms with Crippen molar-refractivity contribution in [1.82, 2.24) is 19.0 Å². The SMILES string of the molecule is Cn1nc(C(F)(F)F)cc1S(=O)(=O)N1CC2(CN(CC3COCCO3)C2)C1. The molecule has 1 atom stereocenters. The second kappa shape index (κ2) is 6.41. The van der Waals surface area contributed by atoms with Crippen LogP contribution in [0.4, 0.5) is 13.2 Å². The number of hydrogen-bond donors (Lipinski definition) is 0. The van der Waals surface area contributed by atoms with Crippen molar-refractivity contribution < 1.29 is 31.1 Å². The molecule has 0 bridgehead atoms. The van der Waals surface area contributed by atoms with Gasteiger partial charge in [0.25, 0.3) is 10.0 Å². The van der Waals surface area contributed by atoms with E-state index >= 15 is 0 Å². The monoisotopic (exact) mass is 410 g/mol. The van der Waals surface area contributed by atoms with E-state index in [9.17, 15) is 21.6 Å². The maximum absolute atomic E-state index is 12.8. The van der Waals surface area contributed by atoms with Gasteiger partial charge in [0.15, 0.2) is 10.7 Å². The Morgan fingerprint density at radius 1 is 1.26 bits per heavy atom. The average molecular weight is 410 g/mol. The third kappa shape index (κ3) is 3.48. The standard InChI is InChI=1S/C15H21F3N4O4S/c1-20-13(4-12(19-20)15(16,17)18)27(23,24)22-9-14(10-22)7-21(8-14)5-11-6-25-2-3-26-11/h4,11H,2-3,5-10H2,1H3. The lowest BCUT2D eigenvalue weighted by Gasteiger charge is -2.60. The largest absolute Gasteiger partial charge is 0.435 e. The predicted octanol–water partition coefficient (Wildman–Crippen LogP) is 0.161. The minimum Gasteiger partial charge on any atom is -0.376 e. The van der Waals surface area contributed by atoms with Crippen LogP contribution in [0.15, 0.2) is 11.1 Å². The summed E-state index contributed by atoms with van der Waals surface area (Å²) in [5.74, 6) is 0. The van der Waals surface area contributed by atoms with Crippen LogP contribution < -0.4 is 0 Å². The zero-order valence-electron chi connectivity index (χ0n) is 14.8. The first kappa shape index (κ1) is 19.1. The number of rotatable bonds is 4. The van der Waals surface area contributed by atoms with Gasteiger partial charge < -0.3 is 9.47 Å². The fraction of sp³-hybridized carbons (Fsp3) is 0.800. The predicted molar refractivity (Wildman–Crippen MR) is 86.4 cm³/mol. The lowest BCUT2D eigenvalue weighted by molar-refractivity contribution is -0.141. The van der Waals surface area contributed by atoms with E-state index in [1.807, 2.05) is 0 Å². The summed E-state index contributed by atoms with van der Waals surface area (Å²) < 4.78 is 76.6. The highest BCUT2D eigenvalue weighted by Gasteiger charge is 2.56. The molecule has 0 saturated carbocycles. The van der Waals surface area contributed by atoms with Gasteiger partial charge in [-0.05, 0) is 0 Å². The van der Waals surface area contributed by atoms with E-state index in [-0.39, 0.29) is 11.5 Å². The zero-order valence-corrected chi connectivity index (χ0v) is 15.6. The van der Waals surface area contributed by atoms with E-state index in [4.69, 9.17) is 9.47 Å². The lowest BCUT2D eigenvalue weighted by atomic mass is 9.74. The highest BCUT2D eigenvalue weighted by molar-refractivity contribution is 7.89. The first-order valence-electron chi connectivity index (χ1n) is 8.62. The molecule has 0 radical (unpaired) electrons. The summed E-state index contributed by atoms with van der Waals surface area (Å²) in [5, 5.41) is 2.85. The molecule has 152 valence electrons. The number of nitrogens with zero attached hydrogens (tertiary/aromatic N) is 4. The van der Waals surface area contributed by atoms with Crippen LogP contribution in [0.3, 0.4) is 0 Å². The molecule has 3 fully saturated rings. The molecule has 4 heterocycles. The number of ether oxygens (including phenoxy) is 2. The van der Waals surface area contributed by atoms with Gasteiger partial charge in [-0.25, -0.2) is 8.42 Å². The van der Waals surface area contributed by atoms with E-state index in [1.165, 1.54) is 11.4 Å². The van der Waals surface area contributed by atoms with E-state index < -0.39 is 26.9 Å².